The summed E-state index contributed by atoms with van der Waals surface area (Å²) in [5, 5.41) is 6.83. The average molecular weight is 362 g/mol. The first-order chi connectivity index (χ1) is 12.5. The standard InChI is InChI=1S/C20H35N5O/c1-6-21-20(22-14-17(3)25-11-9-24(4)10-12-25)23-15-18-8-7-16(2)13-19(18)26-5/h7-8,13,17H,6,9-12,14-15H2,1-5H3,(H2,21,22,23). The largest absolute Gasteiger partial charge is 0.496 e. The van der Waals surface area contributed by atoms with Crippen LogP contribution in [0.1, 0.15) is 25.0 Å². The molecule has 0 aliphatic carbocycles. The number of likely N-dealkylation sites (N-methyl/N-ethyl adjacent to an activating group) is 1. The number of benzene rings is 1. The monoisotopic (exact) mass is 361 g/mol. The van der Waals surface area contributed by atoms with E-state index in [1.807, 2.05) is 0 Å². The minimum atomic E-state index is 0.487. The summed E-state index contributed by atoms with van der Waals surface area (Å²) in [6.45, 7) is 13.3. The van der Waals surface area contributed by atoms with Crippen LogP contribution in [0.2, 0.25) is 0 Å². The highest BCUT2D eigenvalue weighted by atomic mass is 16.5. The van der Waals surface area contributed by atoms with Crippen molar-refractivity contribution in [1.82, 2.24) is 20.4 Å². The zero-order valence-corrected chi connectivity index (χ0v) is 17.0. The molecule has 1 aliphatic rings. The molecule has 146 valence electrons. The maximum absolute atomic E-state index is 5.48. The molecule has 1 heterocycles. The molecule has 6 heteroatoms. The van der Waals surface area contributed by atoms with Gasteiger partial charge in [0.25, 0.3) is 0 Å². The highest BCUT2D eigenvalue weighted by Gasteiger charge is 2.19. The molecular formula is C20H35N5O. The van der Waals surface area contributed by atoms with E-state index < -0.39 is 0 Å². The molecule has 26 heavy (non-hydrogen) atoms. The van der Waals surface area contributed by atoms with Crippen LogP contribution < -0.4 is 15.4 Å². The molecular weight excluding hydrogens is 326 g/mol. The summed E-state index contributed by atoms with van der Waals surface area (Å²) >= 11 is 0. The van der Waals surface area contributed by atoms with Crippen LogP contribution in [0.15, 0.2) is 23.2 Å². The van der Waals surface area contributed by atoms with Crippen molar-refractivity contribution < 1.29 is 4.74 Å². The molecule has 0 spiro atoms. The lowest BCUT2D eigenvalue weighted by Gasteiger charge is -2.36. The van der Waals surface area contributed by atoms with Crippen molar-refractivity contribution in [2.75, 3.05) is 53.4 Å². The maximum atomic E-state index is 5.48. The number of aliphatic imine (C=N–C) groups is 1. The van der Waals surface area contributed by atoms with Crippen molar-refractivity contribution in [2.24, 2.45) is 4.99 Å². The van der Waals surface area contributed by atoms with E-state index in [0.29, 0.717) is 12.6 Å². The van der Waals surface area contributed by atoms with E-state index in [1.165, 1.54) is 5.56 Å². The molecule has 1 atom stereocenters. The van der Waals surface area contributed by atoms with Crippen molar-refractivity contribution in [1.29, 1.82) is 0 Å². The molecule has 1 aliphatic heterocycles. The third kappa shape index (κ3) is 6.18. The molecule has 1 saturated heterocycles. The fourth-order valence-electron chi connectivity index (χ4n) is 3.12. The predicted molar refractivity (Wildman–Crippen MR) is 109 cm³/mol. The minimum absolute atomic E-state index is 0.487. The summed E-state index contributed by atoms with van der Waals surface area (Å²) in [7, 11) is 3.90. The molecule has 6 nitrogen and oxygen atoms in total. The van der Waals surface area contributed by atoms with Gasteiger partial charge in [-0.15, -0.1) is 0 Å². The lowest BCUT2D eigenvalue weighted by atomic mass is 10.1. The predicted octanol–water partition coefficient (Wildman–Crippen LogP) is 1.69. The van der Waals surface area contributed by atoms with E-state index in [-0.39, 0.29) is 0 Å². The Labute approximate surface area is 158 Å². The average Bonchev–Trinajstić information content (AvgIpc) is 2.65. The highest BCUT2D eigenvalue weighted by Crippen LogP contribution is 2.20. The fraction of sp³-hybridized carbons (Fsp3) is 0.650. The SMILES string of the molecule is CCNC(=NCc1ccc(C)cc1OC)NCC(C)N1CCN(C)CC1. The second kappa shape index (κ2) is 10.4. The number of hydrogen-bond acceptors (Lipinski definition) is 4. The van der Waals surface area contributed by atoms with Gasteiger partial charge in [0.2, 0.25) is 0 Å². The van der Waals surface area contributed by atoms with Gasteiger partial charge in [0, 0.05) is 50.9 Å². The Kier molecular flexibility index (Phi) is 8.19. The van der Waals surface area contributed by atoms with Crippen molar-refractivity contribution in [3.05, 3.63) is 29.3 Å². The van der Waals surface area contributed by atoms with E-state index in [1.54, 1.807) is 7.11 Å². The van der Waals surface area contributed by atoms with Crippen LogP contribution in [0.4, 0.5) is 0 Å². The van der Waals surface area contributed by atoms with Crippen LogP contribution in [0.5, 0.6) is 5.75 Å². The van der Waals surface area contributed by atoms with Crippen LogP contribution in [0, 0.1) is 6.92 Å². The zero-order valence-electron chi connectivity index (χ0n) is 17.0. The number of nitrogens with one attached hydrogen (secondary N) is 2. The van der Waals surface area contributed by atoms with Crippen molar-refractivity contribution in [2.45, 2.75) is 33.4 Å². The molecule has 0 bridgehead atoms. The van der Waals surface area contributed by atoms with Gasteiger partial charge in [0.1, 0.15) is 5.75 Å². The van der Waals surface area contributed by atoms with Crippen LogP contribution in [0.3, 0.4) is 0 Å². The topological polar surface area (TPSA) is 52.1 Å². The summed E-state index contributed by atoms with van der Waals surface area (Å²) in [5.41, 5.74) is 2.29. The van der Waals surface area contributed by atoms with Crippen LogP contribution >= 0.6 is 0 Å². The Balaban J connectivity index is 1.92. The molecule has 0 saturated carbocycles. The minimum Gasteiger partial charge on any atom is -0.496 e. The number of aryl methyl sites for hydroxylation is 1. The van der Waals surface area contributed by atoms with Gasteiger partial charge in [0.15, 0.2) is 5.96 Å². The van der Waals surface area contributed by atoms with Crippen LogP contribution in [-0.2, 0) is 6.54 Å². The molecule has 1 fully saturated rings. The zero-order chi connectivity index (χ0) is 18.9. The van der Waals surface area contributed by atoms with E-state index in [9.17, 15) is 0 Å². The van der Waals surface area contributed by atoms with Gasteiger partial charge in [0.05, 0.1) is 13.7 Å². The molecule has 1 aromatic carbocycles. The molecule has 1 unspecified atom stereocenters. The van der Waals surface area contributed by atoms with Gasteiger partial charge in [-0.25, -0.2) is 4.99 Å². The third-order valence-electron chi connectivity index (χ3n) is 4.92. The van der Waals surface area contributed by atoms with Gasteiger partial charge in [-0.1, -0.05) is 12.1 Å². The first-order valence-electron chi connectivity index (χ1n) is 9.61. The number of hydrogen-bond donors (Lipinski definition) is 2. The van der Waals surface area contributed by atoms with Crippen LogP contribution in [0.25, 0.3) is 0 Å². The summed E-state index contributed by atoms with van der Waals surface area (Å²) in [6.07, 6.45) is 0. The number of nitrogens with zero attached hydrogens (tertiary/aromatic N) is 3. The van der Waals surface area contributed by atoms with E-state index in [4.69, 9.17) is 9.73 Å². The number of rotatable bonds is 7. The highest BCUT2D eigenvalue weighted by molar-refractivity contribution is 5.79. The van der Waals surface area contributed by atoms with Gasteiger partial charge in [-0.05, 0) is 39.4 Å². The second-order valence-electron chi connectivity index (χ2n) is 7.08. The van der Waals surface area contributed by atoms with E-state index in [2.05, 4.69) is 66.5 Å². The van der Waals surface area contributed by atoms with Crippen LogP contribution in [-0.4, -0.2) is 75.2 Å². The molecule has 0 amide bonds. The van der Waals surface area contributed by atoms with Gasteiger partial charge < -0.3 is 20.3 Å². The second-order valence-corrected chi connectivity index (χ2v) is 7.08. The van der Waals surface area contributed by atoms with E-state index in [0.717, 1.165) is 56.5 Å². The van der Waals surface area contributed by atoms with Gasteiger partial charge >= 0.3 is 0 Å². The maximum Gasteiger partial charge on any atom is 0.191 e. The summed E-state index contributed by atoms with van der Waals surface area (Å²) in [5.74, 6) is 1.76. The smallest absolute Gasteiger partial charge is 0.191 e. The number of methoxy groups -OCH3 is 1. The summed E-state index contributed by atoms with van der Waals surface area (Å²) in [6, 6.07) is 6.74. The van der Waals surface area contributed by atoms with Crippen molar-refractivity contribution in [3.8, 4) is 5.75 Å². The molecule has 2 N–H and O–H groups in total. The van der Waals surface area contributed by atoms with Gasteiger partial charge in [-0.2, -0.15) is 0 Å². The molecule has 2 rings (SSSR count). The summed E-state index contributed by atoms with van der Waals surface area (Å²) < 4.78 is 5.48. The Morgan fingerprint density at radius 3 is 2.62 bits per heavy atom. The molecule has 0 aromatic heterocycles. The normalized spacial score (nSPS) is 17.8. The number of piperazine rings is 1. The Morgan fingerprint density at radius 1 is 1.23 bits per heavy atom. The quantitative estimate of drug-likeness (QED) is 0.572. The summed E-state index contributed by atoms with van der Waals surface area (Å²) in [4.78, 5) is 9.67. The van der Waals surface area contributed by atoms with E-state index >= 15 is 0 Å². The molecule has 0 radical (unpaired) electrons. The molecule has 1 aromatic rings. The Hall–Kier alpha value is -1.79. The van der Waals surface area contributed by atoms with Gasteiger partial charge in [-0.3, -0.25) is 4.90 Å². The van der Waals surface area contributed by atoms with Crippen molar-refractivity contribution in [3.63, 3.8) is 0 Å². The Morgan fingerprint density at radius 2 is 1.96 bits per heavy atom. The Bertz CT molecular complexity index is 582. The van der Waals surface area contributed by atoms with Crippen molar-refractivity contribution >= 4 is 5.96 Å². The lowest BCUT2D eigenvalue weighted by molar-refractivity contribution is 0.120. The first-order valence-corrected chi connectivity index (χ1v) is 9.61. The first kappa shape index (κ1) is 20.5. The third-order valence-corrected chi connectivity index (χ3v) is 4.92. The fourth-order valence-corrected chi connectivity index (χ4v) is 3.12. The lowest BCUT2D eigenvalue weighted by Crippen LogP contribution is -2.52. The number of guanidine groups is 1. The number of ether oxygens (including phenoxy) is 1.